The van der Waals surface area contributed by atoms with Gasteiger partial charge in [0.1, 0.15) is 0 Å². The van der Waals surface area contributed by atoms with Gasteiger partial charge >= 0.3 is 0 Å². The number of phenolic OH excluding ortho intramolecular Hbond substituents is 5. The average molecular weight is 397 g/mol. The van der Waals surface area contributed by atoms with Gasteiger partial charge in [-0.1, -0.05) is 32.0 Å². The highest BCUT2D eigenvalue weighted by atomic mass is 16.3. The first-order valence-electron chi connectivity index (χ1n) is 11.9. The van der Waals surface area contributed by atoms with Crippen molar-refractivity contribution in [2.24, 2.45) is 11.8 Å². The summed E-state index contributed by atoms with van der Waals surface area (Å²) in [6, 6.07) is 6.67. The zero-order valence-electron chi connectivity index (χ0n) is 22.3. The third kappa shape index (κ3) is 5.01. The highest BCUT2D eigenvalue weighted by Gasteiger charge is 2.24. The number of benzene rings is 2. The van der Waals surface area contributed by atoms with Crippen LogP contribution in [0.1, 0.15) is 43.4 Å². The Hall–Kier alpha value is -2.60. The Morgan fingerprint density at radius 2 is 1.57 bits per heavy atom. The van der Waals surface area contributed by atoms with Gasteiger partial charge in [0.05, 0.1) is 6.10 Å². The maximum atomic E-state index is 7.73. The highest BCUT2D eigenvalue weighted by Crippen LogP contribution is 2.38. The normalized spacial score (nSPS) is 15.9. The molecule has 6 N–H and O–H groups in total. The summed E-state index contributed by atoms with van der Waals surface area (Å²) >= 11 is 0. The lowest BCUT2D eigenvalue weighted by molar-refractivity contribution is 0.0863. The summed E-state index contributed by atoms with van der Waals surface area (Å²) in [7, 11) is 0. The van der Waals surface area contributed by atoms with Crippen molar-refractivity contribution in [3.8, 4) is 28.7 Å². The fourth-order valence-corrected chi connectivity index (χ4v) is 3.43. The van der Waals surface area contributed by atoms with Gasteiger partial charge in [0.2, 0.25) is 7.18 Å². The molecule has 28 heavy (non-hydrogen) atoms. The lowest BCUT2D eigenvalue weighted by Gasteiger charge is -2.25. The van der Waals surface area contributed by atoms with Crippen LogP contribution in [0.15, 0.2) is 24.3 Å². The van der Waals surface area contributed by atoms with Gasteiger partial charge < -0.3 is 30.7 Å². The van der Waals surface area contributed by atoms with E-state index in [-0.39, 0.29) is 34.7 Å². The molecule has 0 saturated carbocycles. The summed E-state index contributed by atoms with van der Waals surface area (Å²) in [6.07, 6.45) is 1.37. The fraction of sp³-hybridized carbons (Fsp3) is 0.455. The Labute approximate surface area is 174 Å². The number of aryl methyl sites for hydroxylation is 2. The predicted octanol–water partition coefficient (Wildman–Crippen LogP) is 3.72. The molecule has 0 aromatic heterocycles. The second-order valence-corrected chi connectivity index (χ2v) is 7.75. The van der Waals surface area contributed by atoms with Crippen molar-refractivity contribution >= 4 is 0 Å². The van der Waals surface area contributed by atoms with Gasteiger partial charge in [-0.2, -0.15) is 0 Å². The van der Waals surface area contributed by atoms with E-state index in [1.54, 1.807) is 19.1 Å². The van der Waals surface area contributed by atoms with Crippen LogP contribution in [0.2, 0.25) is 0 Å². The molecule has 0 amide bonds. The quantitative estimate of drug-likeness (QED) is 0.271. The highest BCUT2D eigenvalue weighted by molar-refractivity contribution is 5.53. The van der Waals surface area contributed by atoms with E-state index in [4.69, 9.17) is 18.8 Å². The molecule has 0 saturated heterocycles. The van der Waals surface area contributed by atoms with Crippen LogP contribution < -0.4 is 0 Å². The maximum Gasteiger partial charge on any atom is 0.293 e. The number of rotatable bonds is 14. The van der Waals surface area contributed by atoms with E-state index in [0.29, 0.717) is 41.9 Å². The van der Waals surface area contributed by atoms with E-state index in [1.165, 1.54) is 6.07 Å². The third-order valence-corrected chi connectivity index (χ3v) is 5.03. The SMILES string of the molecule is [2H]Oc1ccc(CCC(O[2H])C(Cc2ccc(C)c(O[2H])c2O[2H])CC(C)C)c(O[2H])c1O[2H]. The van der Waals surface area contributed by atoms with Crippen molar-refractivity contribution in [3.63, 3.8) is 0 Å². The van der Waals surface area contributed by atoms with Crippen molar-refractivity contribution in [2.75, 3.05) is 0 Å². The van der Waals surface area contributed by atoms with E-state index in [9.17, 15) is 0 Å². The molecule has 2 aromatic carbocycles. The minimum Gasteiger partial charge on any atom is -0.504 e. The van der Waals surface area contributed by atoms with Gasteiger partial charge in [0, 0.05) is 0 Å². The second-order valence-electron chi connectivity index (χ2n) is 7.75. The van der Waals surface area contributed by atoms with Crippen molar-refractivity contribution in [3.05, 3.63) is 41.0 Å². The first-order chi connectivity index (χ1) is 16.3. The molecule has 2 rings (SSSR count). The maximum absolute atomic E-state index is 7.73. The van der Waals surface area contributed by atoms with Crippen LogP contribution in [0.5, 0.6) is 28.7 Å². The van der Waals surface area contributed by atoms with Crippen LogP contribution in [0.4, 0.5) is 0 Å². The summed E-state index contributed by atoms with van der Waals surface area (Å²) < 4.78 is 44.1. The first-order valence-corrected chi connectivity index (χ1v) is 9.41. The minimum atomic E-state index is -0.520. The molecule has 0 bridgehead atoms. The Balaban J connectivity index is 2.32. The van der Waals surface area contributed by atoms with Gasteiger partial charge in [-0.15, -0.1) is 0 Å². The molecule has 2 aromatic rings. The number of phenols is 5. The number of hydrogen-bond acceptors (Lipinski definition) is 6. The topological polar surface area (TPSA) is 121 Å². The van der Waals surface area contributed by atoms with Crippen LogP contribution in [0.3, 0.4) is 0 Å². The van der Waals surface area contributed by atoms with Gasteiger partial charge in [-0.25, -0.2) is 0 Å². The van der Waals surface area contributed by atoms with Crippen molar-refractivity contribution in [1.29, 1.82) is 8.59 Å². The summed E-state index contributed by atoms with van der Waals surface area (Å²) in [5.41, 5.74) is 1.89. The Morgan fingerprint density at radius 3 is 2.21 bits per heavy atom. The second kappa shape index (κ2) is 9.06. The molecule has 0 aliphatic heterocycles. The minimum absolute atomic E-state index is 0.0375. The molecule has 0 radical (unpaired) electrons. The summed E-state index contributed by atoms with van der Waals surface area (Å²) in [5.74, 6) is 0.243. The standard InChI is InChI=1S/C22H30O6/c1-12(2)10-16(11-15-5-4-13(3)19(25)21(15)27)17(23)8-6-14-7-9-18(24)22(28)20(14)26/h4-5,7,9,12,16-17,23-28H,6,8,10-11H2,1-3H3/i23D/hD5. The molecule has 0 heterocycles. The summed E-state index contributed by atoms with van der Waals surface area (Å²) in [5, 5.41) is 28.2. The van der Waals surface area contributed by atoms with Crippen molar-refractivity contribution in [1.82, 2.24) is 0 Å². The largest absolute Gasteiger partial charge is 0.504 e. The van der Waals surface area contributed by atoms with E-state index >= 15 is 0 Å². The Bertz CT molecular complexity index is 929. The molecule has 0 fully saturated rings. The molecule has 0 aliphatic carbocycles. The zero-order valence-corrected chi connectivity index (χ0v) is 16.3. The zero-order chi connectivity index (χ0) is 25.3. The Kier molecular flexibility index (Phi) is 4.66. The number of aliphatic hydroxyl groups is 1. The lowest BCUT2D eigenvalue weighted by Crippen LogP contribution is -2.25. The van der Waals surface area contributed by atoms with Crippen LogP contribution in [-0.2, 0) is 12.8 Å². The molecule has 154 valence electrons. The van der Waals surface area contributed by atoms with Gasteiger partial charge in [-0.05, 0) is 67.2 Å². The van der Waals surface area contributed by atoms with Crippen molar-refractivity contribution < 1.29 is 30.7 Å². The fourth-order valence-electron chi connectivity index (χ4n) is 3.43. The molecule has 0 aliphatic rings. The average Bonchev–Trinajstić information content (AvgIpc) is 2.83. The van der Waals surface area contributed by atoms with Crippen LogP contribution >= 0.6 is 0 Å². The molecule has 6 heteroatoms. The molecular formula is C22H30O6. The van der Waals surface area contributed by atoms with Gasteiger partial charge in [-0.3, -0.25) is 0 Å². The van der Waals surface area contributed by atoms with Crippen LogP contribution in [0, 0.1) is 18.8 Å². The summed E-state index contributed by atoms with van der Waals surface area (Å²) in [4.78, 5) is 0. The summed E-state index contributed by atoms with van der Waals surface area (Å²) in [6.45, 7) is 5.88. The van der Waals surface area contributed by atoms with E-state index in [2.05, 4.69) is 34.3 Å². The molecule has 2 unspecified atom stereocenters. The van der Waals surface area contributed by atoms with Crippen LogP contribution in [-0.4, -0.2) is 45.3 Å². The molecule has 6 nitrogen and oxygen atoms in total. The van der Waals surface area contributed by atoms with Gasteiger partial charge in [0.15, 0.2) is 23.0 Å². The van der Waals surface area contributed by atoms with E-state index < -0.39 is 6.10 Å². The molecular weight excluding hydrogens is 360 g/mol. The number of aromatic hydroxyl groups is 5. The monoisotopic (exact) mass is 396 g/mol. The lowest BCUT2D eigenvalue weighted by atomic mass is 9.84. The van der Waals surface area contributed by atoms with E-state index in [0.717, 1.165) is 6.42 Å². The van der Waals surface area contributed by atoms with Crippen molar-refractivity contribution in [2.45, 2.75) is 52.6 Å². The van der Waals surface area contributed by atoms with Gasteiger partial charge in [0.25, 0.3) is 7.16 Å². The molecule has 2 atom stereocenters. The first kappa shape index (κ1) is 14.4. The third-order valence-electron chi connectivity index (χ3n) is 5.03. The number of hydrogen-bond donors (Lipinski definition) is 6. The Morgan fingerprint density at radius 1 is 0.857 bits per heavy atom. The molecule has 0 spiro atoms. The predicted molar refractivity (Wildman–Crippen MR) is 107 cm³/mol. The van der Waals surface area contributed by atoms with Crippen LogP contribution in [0.25, 0.3) is 0 Å². The van der Waals surface area contributed by atoms with E-state index in [1.807, 2.05) is 6.07 Å². The number of aliphatic hydroxyl groups excluding tert-OH is 1. The smallest absolute Gasteiger partial charge is 0.293 e.